The number of thioether (sulfide) groups is 1. The Balaban J connectivity index is 1.21. The highest BCUT2D eigenvalue weighted by atomic mass is 32.2. The number of amides is 3. The number of benzene rings is 2. The number of para-hydroxylation sites is 1. The first-order valence-corrected chi connectivity index (χ1v) is 10.3. The Morgan fingerprint density at radius 2 is 1.94 bits per heavy atom. The van der Waals surface area contributed by atoms with Crippen molar-refractivity contribution in [1.29, 1.82) is 0 Å². The van der Waals surface area contributed by atoms with Crippen molar-refractivity contribution >= 4 is 45.9 Å². The van der Waals surface area contributed by atoms with Gasteiger partial charge < -0.3 is 19.2 Å². The number of hydrogen-bond acceptors (Lipinski definition) is 7. The maximum Gasteiger partial charge on any atom is 0.293 e. The van der Waals surface area contributed by atoms with Crippen molar-refractivity contribution in [3.8, 4) is 11.5 Å². The molecule has 0 unspecified atom stereocenters. The van der Waals surface area contributed by atoms with Crippen LogP contribution in [0.15, 0.2) is 57.9 Å². The van der Waals surface area contributed by atoms with Gasteiger partial charge in [0.1, 0.15) is 5.58 Å². The fraction of sp³-hybridized carbons (Fsp3) is 0.136. The Bertz CT molecular complexity index is 1210. The van der Waals surface area contributed by atoms with Crippen LogP contribution in [0.1, 0.15) is 16.1 Å². The van der Waals surface area contributed by atoms with E-state index < -0.39 is 11.8 Å². The highest BCUT2D eigenvalue weighted by molar-refractivity contribution is 8.18. The molecule has 2 aromatic carbocycles. The third kappa shape index (κ3) is 3.75. The maximum absolute atomic E-state index is 12.6. The summed E-state index contributed by atoms with van der Waals surface area (Å²) in [6, 6.07) is 14.3. The van der Waals surface area contributed by atoms with E-state index in [0.29, 0.717) is 22.0 Å². The van der Waals surface area contributed by atoms with E-state index in [0.717, 1.165) is 27.6 Å². The van der Waals surface area contributed by atoms with Crippen LogP contribution in [0.5, 0.6) is 11.5 Å². The van der Waals surface area contributed by atoms with Gasteiger partial charge >= 0.3 is 0 Å². The monoisotopic (exact) mass is 436 g/mol. The van der Waals surface area contributed by atoms with Crippen molar-refractivity contribution in [2.24, 2.45) is 0 Å². The van der Waals surface area contributed by atoms with E-state index in [1.807, 2.05) is 18.2 Å². The van der Waals surface area contributed by atoms with Crippen LogP contribution in [-0.2, 0) is 4.79 Å². The van der Waals surface area contributed by atoms with Crippen molar-refractivity contribution in [2.45, 2.75) is 0 Å². The normalized spacial score (nSPS) is 16.5. The zero-order chi connectivity index (χ0) is 21.4. The van der Waals surface area contributed by atoms with E-state index >= 15 is 0 Å². The minimum Gasteiger partial charge on any atom is -0.454 e. The summed E-state index contributed by atoms with van der Waals surface area (Å²) in [6.07, 6.45) is 1.64. The molecule has 0 radical (unpaired) electrons. The van der Waals surface area contributed by atoms with Gasteiger partial charge in [-0.15, -0.1) is 0 Å². The van der Waals surface area contributed by atoms with E-state index in [2.05, 4.69) is 5.32 Å². The first-order chi connectivity index (χ1) is 15.1. The summed E-state index contributed by atoms with van der Waals surface area (Å²) in [5.41, 5.74) is 1.35. The van der Waals surface area contributed by atoms with Crippen molar-refractivity contribution in [2.75, 3.05) is 19.9 Å². The highest BCUT2D eigenvalue weighted by Crippen LogP contribution is 2.36. The zero-order valence-corrected chi connectivity index (χ0v) is 16.9. The van der Waals surface area contributed by atoms with Crippen molar-refractivity contribution < 1.29 is 28.3 Å². The summed E-state index contributed by atoms with van der Waals surface area (Å²) >= 11 is 0.863. The van der Waals surface area contributed by atoms with Gasteiger partial charge in [0, 0.05) is 18.5 Å². The molecule has 3 aromatic rings. The average Bonchev–Trinajstić information content (AvgIpc) is 3.47. The van der Waals surface area contributed by atoms with E-state index in [-0.39, 0.29) is 30.9 Å². The Kier molecular flexibility index (Phi) is 4.87. The number of furan rings is 1. The first-order valence-electron chi connectivity index (χ1n) is 9.50. The van der Waals surface area contributed by atoms with Gasteiger partial charge in [-0.3, -0.25) is 19.3 Å². The third-order valence-electron chi connectivity index (χ3n) is 4.84. The van der Waals surface area contributed by atoms with E-state index in [4.69, 9.17) is 13.9 Å². The summed E-state index contributed by atoms with van der Waals surface area (Å²) in [7, 11) is 0. The van der Waals surface area contributed by atoms with E-state index in [1.54, 1.807) is 36.4 Å². The van der Waals surface area contributed by atoms with Crippen molar-refractivity contribution in [1.82, 2.24) is 10.2 Å². The second-order valence-electron chi connectivity index (χ2n) is 6.85. The van der Waals surface area contributed by atoms with Crippen LogP contribution >= 0.6 is 11.8 Å². The van der Waals surface area contributed by atoms with Gasteiger partial charge in [0.25, 0.3) is 17.1 Å². The molecular weight excluding hydrogens is 420 g/mol. The Morgan fingerprint density at radius 1 is 1.10 bits per heavy atom. The molecule has 1 fully saturated rings. The maximum atomic E-state index is 12.6. The molecule has 156 valence electrons. The molecule has 5 rings (SSSR count). The predicted octanol–water partition coefficient (Wildman–Crippen LogP) is 3.63. The minimum atomic E-state index is -0.404. The number of imide groups is 1. The van der Waals surface area contributed by atoms with E-state index in [9.17, 15) is 14.4 Å². The zero-order valence-electron chi connectivity index (χ0n) is 16.1. The molecular formula is C22H16N2O6S. The minimum absolute atomic E-state index is 0.0646. The number of nitrogens with one attached hydrogen (secondary N) is 1. The molecule has 3 amide bonds. The van der Waals surface area contributed by atoms with Crippen molar-refractivity contribution in [3.63, 3.8) is 0 Å². The molecule has 2 aliphatic rings. The summed E-state index contributed by atoms with van der Waals surface area (Å²) in [5, 5.41) is 3.13. The van der Waals surface area contributed by atoms with Gasteiger partial charge in [-0.05, 0) is 47.7 Å². The summed E-state index contributed by atoms with van der Waals surface area (Å²) in [4.78, 5) is 38.7. The number of hydrogen-bond donors (Lipinski definition) is 1. The molecule has 31 heavy (non-hydrogen) atoms. The van der Waals surface area contributed by atoms with Gasteiger partial charge in [-0.2, -0.15) is 0 Å². The molecule has 0 spiro atoms. The molecule has 1 aromatic heterocycles. The standard InChI is InChI=1S/C22H16N2O6S/c25-20(18-11-14-3-1-2-4-15(14)30-18)23-7-8-24-21(26)19(31-22(24)27)10-13-5-6-16-17(9-13)29-12-28-16/h1-6,9-11H,7-8,12H2,(H,23,25). The number of carbonyl (C=O) groups excluding carboxylic acids is 3. The molecule has 1 saturated heterocycles. The van der Waals surface area contributed by atoms with Crippen LogP contribution in [0.2, 0.25) is 0 Å². The first kappa shape index (κ1) is 19.3. The summed E-state index contributed by atoms with van der Waals surface area (Å²) in [6.45, 7) is 0.343. The van der Waals surface area contributed by atoms with Gasteiger partial charge in [-0.1, -0.05) is 24.3 Å². The number of carbonyl (C=O) groups is 3. The lowest BCUT2D eigenvalue weighted by atomic mass is 10.2. The van der Waals surface area contributed by atoms with Gasteiger partial charge in [0.2, 0.25) is 6.79 Å². The smallest absolute Gasteiger partial charge is 0.293 e. The third-order valence-corrected chi connectivity index (χ3v) is 5.75. The topological polar surface area (TPSA) is 98.1 Å². The molecule has 0 saturated carbocycles. The fourth-order valence-corrected chi connectivity index (χ4v) is 4.17. The molecule has 2 aliphatic heterocycles. The lowest BCUT2D eigenvalue weighted by Crippen LogP contribution is -2.37. The predicted molar refractivity (Wildman–Crippen MR) is 114 cm³/mol. The molecule has 1 N–H and O–H groups in total. The molecule has 9 heteroatoms. The quantitative estimate of drug-likeness (QED) is 0.610. The Hall–Kier alpha value is -3.72. The van der Waals surface area contributed by atoms with Gasteiger partial charge in [0.15, 0.2) is 17.3 Å². The van der Waals surface area contributed by atoms with Crippen molar-refractivity contribution in [3.05, 3.63) is 64.8 Å². The largest absolute Gasteiger partial charge is 0.454 e. The second kappa shape index (κ2) is 7.84. The second-order valence-corrected chi connectivity index (χ2v) is 7.84. The van der Waals surface area contributed by atoms with E-state index in [1.165, 1.54) is 0 Å². The fourth-order valence-electron chi connectivity index (χ4n) is 3.31. The lowest BCUT2D eigenvalue weighted by molar-refractivity contribution is -0.122. The Labute approximate surface area is 180 Å². The molecule has 0 bridgehead atoms. The van der Waals surface area contributed by atoms with Gasteiger partial charge in [-0.25, -0.2) is 0 Å². The SMILES string of the molecule is O=C(NCCN1C(=O)SC(=Cc2ccc3c(c2)OCO3)C1=O)c1cc2ccccc2o1. The number of ether oxygens (including phenoxy) is 2. The molecule has 8 nitrogen and oxygen atoms in total. The van der Waals surface area contributed by atoms with Crippen LogP contribution in [0, 0.1) is 0 Å². The molecule has 0 atom stereocenters. The Morgan fingerprint density at radius 3 is 2.81 bits per heavy atom. The average molecular weight is 436 g/mol. The molecule has 3 heterocycles. The lowest BCUT2D eigenvalue weighted by Gasteiger charge is -2.12. The van der Waals surface area contributed by atoms with Crippen LogP contribution in [0.25, 0.3) is 17.0 Å². The van der Waals surface area contributed by atoms with Crippen LogP contribution in [0.4, 0.5) is 4.79 Å². The van der Waals surface area contributed by atoms with Crippen LogP contribution < -0.4 is 14.8 Å². The van der Waals surface area contributed by atoms with Crippen LogP contribution in [-0.4, -0.2) is 41.8 Å². The number of nitrogens with zero attached hydrogens (tertiary/aromatic N) is 1. The van der Waals surface area contributed by atoms with Gasteiger partial charge in [0.05, 0.1) is 4.91 Å². The van der Waals surface area contributed by atoms with Crippen LogP contribution in [0.3, 0.4) is 0 Å². The summed E-state index contributed by atoms with van der Waals surface area (Å²) < 4.78 is 16.1. The molecule has 0 aliphatic carbocycles. The highest BCUT2D eigenvalue weighted by Gasteiger charge is 2.34. The summed E-state index contributed by atoms with van der Waals surface area (Å²) in [5.74, 6) is 0.620. The number of rotatable bonds is 5. The number of fused-ring (bicyclic) bond motifs is 2.